The molecule has 5 nitrogen and oxygen atoms in total. The molecule has 0 saturated heterocycles. The van der Waals surface area contributed by atoms with Gasteiger partial charge in [0.25, 0.3) is 6.01 Å². The van der Waals surface area contributed by atoms with Gasteiger partial charge in [0.1, 0.15) is 11.4 Å². The van der Waals surface area contributed by atoms with Gasteiger partial charge in [-0.05, 0) is 30.7 Å². The molecule has 0 aliphatic rings. The number of carbonyl (C=O) groups excluding carboxylic acids is 1. The molecule has 0 unspecified atom stereocenters. The first-order chi connectivity index (χ1) is 8.52. The predicted molar refractivity (Wildman–Crippen MR) is 67.6 cm³/mol. The minimum absolute atomic E-state index is 0.0105. The van der Waals surface area contributed by atoms with E-state index in [1.165, 1.54) is 6.92 Å². The first-order valence-corrected chi connectivity index (χ1v) is 5.45. The summed E-state index contributed by atoms with van der Waals surface area (Å²) in [5, 5.41) is 0. The molecular formula is C13H14N2O3. The lowest BCUT2D eigenvalue weighted by molar-refractivity contribution is 0.0989. The number of carbonyl (C=O) groups is 1. The van der Waals surface area contributed by atoms with Gasteiger partial charge in [-0.3, -0.25) is 4.79 Å². The third kappa shape index (κ3) is 2.07. The lowest BCUT2D eigenvalue weighted by Crippen LogP contribution is -1.94. The number of aryl methyl sites for hydroxylation is 1. The van der Waals surface area contributed by atoms with E-state index in [1.54, 1.807) is 7.11 Å². The number of hydrogen-bond donors (Lipinski definition) is 1. The SMILES string of the molecule is COc1ccc(-c2nc(N)oc2C(C)=O)cc1C. The standard InChI is InChI=1S/C13H14N2O3/c1-7-6-9(4-5-10(7)17-3)11-12(8(2)16)18-13(14)15-11/h4-6H,1-3H3,(H2,14,15). The van der Waals surface area contributed by atoms with E-state index in [1.807, 2.05) is 25.1 Å². The molecule has 18 heavy (non-hydrogen) atoms. The summed E-state index contributed by atoms with van der Waals surface area (Å²) in [7, 11) is 1.61. The maximum absolute atomic E-state index is 11.4. The number of nitrogens with two attached hydrogens (primary N) is 1. The van der Waals surface area contributed by atoms with Crippen molar-refractivity contribution in [3.63, 3.8) is 0 Å². The van der Waals surface area contributed by atoms with Crippen LogP contribution in [0, 0.1) is 6.92 Å². The molecule has 1 aromatic carbocycles. The second kappa shape index (κ2) is 4.52. The van der Waals surface area contributed by atoms with Crippen LogP contribution in [0.5, 0.6) is 5.75 Å². The topological polar surface area (TPSA) is 78.3 Å². The lowest BCUT2D eigenvalue weighted by Gasteiger charge is -2.06. The maximum Gasteiger partial charge on any atom is 0.293 e. The molecular weight excluding hydrogens is 232 g/mol. The van der Waals surface area contributed by atoms with Crippen molar-refractivity contribution in [2.24, 2.45) is 0 Å². The molecule has 0 radical (unpaired) electrons. The number of oxazole rings is 1. The Bertz CT molecular complexity index is 602. The number of rotatable bonds is 3. The van der Waals surface area contributed by atoms with E-state index in [2.05, 4.69) is 4.98 Å². The molecule has 0 spiro atoms. The molecule has 1 heterocycles. The molecule has 2 rings (SSSR count). The molecule has 1 aromatic heterocycles. The van der Waals surface area contributed by atoms with Gasteiger partial charge >= 0.3 is 0 Å². The van der Waals surface area contributed by atoms with Crippen LogP contribution in [0.15, 0.2) is 22.6 Å². The van der Waals surface area contributed by atoms with Crippen LogP contribution in [0.4, 0.5) is 6.01 Å². The zero-order chi connectivity index (χ0) is 13.3. The maximum atomic E-state index is 11.4. The average molecular weight is 246 g/mol. The Labute approximate surface area is 105 Å². The number of ketones is 1. The Morgan fingerprint density at radius 3 is 2.72 bits per heavy atom. The monoisotopic (exact) mass is 246 g/mol. The van der Waals surface area contributed by atoms with Gasteiger partial charge in [0.05, 0.1) is 7.11 Å². The second-order valence-electron chi connectivity index (χ2n) is 3.97. The first-order valence-electron chi connectivity index (χ1n) is 5.45. The van der Waals surface area contributed by atoms with Gasteiger partial charge in [0.2, 0.25) is 0 Å². The number of methoxy groups -OCH3 is 1. The highest BCUT2D eigenvalue weighted by Gasteiger charge is 2.18. The van der Waals surface area contributed by atoms with E-state index in [4.69, 9.17) is 14.9 Å². The van der Waals surface area contributed by atoms with Crippen molar-refractivity contribution in [3.8, 4) is 17.0 Å². The van der Waals surface area contributed by atoms with E-state index in [0.717, 1.165) is 16.9 Å². The second-order valence-corrected chi connectivity index (χ2v) is 3.97. The summed E-state index contributed by atoms with van der Waals surface area (Å²) in [6, 6.07) is 5.50. The summed E-state index contributed by atoms with van der Waals surface area (Å²) in [5.41, 5.74) is 7.68. The van der Waals surface area contributed by atoms with E-state index in [9.17, 15) is 4.79 Å². The van der Waals surface area contributed by atoms with Gasteiger partial charge in [0.15, 0.2) is 11.5 Å². The van der Waals surface area contributed by atoms with Crippen molar-refractivity contribution in [2.75, 3.05) is 12.8 Å². The van der Waals surface area contributed by atoms with Crippen LogP contribution in [0.1, 0.15) is 23.0 Å². The van der Waals surface area contributed by atoms with E-state index < -0.39 is 0 Å². The van der Waals surface area contributed by atoms with E-state index in [-0.39, 0.29) is 17.6 Å². The zero-order valence-corrected chi connectivity index (χ0v) is 10.5. The van der Waals surface area contributed by atoms with Crippen molar-refractivity contribution in [1.29, 1.82) is 0 Å². The van der Waals surface area contributed by atoms with Gasteiger partial charge in [-0.1, -0.05) is 0 Å². The number of hydrogen-bond acceptors (Lipinski definition) is 5. The van der Waals surface area contributed by atoms with Crippen LogP contribution in [0.2, 0.25) is 0 Å². The number of anilines is 1. The first kappa shape index (κ1) is 12.2. The quantitative estimate of drug-likeness (QED) is 0.841. The molecule has 0 aliphatic carbocycles. The number of aromatic nitrogens is 1. The zero-order valence-electron chi connectivity index (χ0n) is 10.5. The molecule has 0 amide bonds. The molecule has 2 N–H and O–H groups in total. The van der Waals surface area contributed by atoms with Gasteiger partial charge in [0, 0.05) is 12.5 Å². The minimum Gasteiger partial charge on any atom is -0.496 e. The smallest absolute Gasteiger partial charge is 0.293 e. The summed E-state index contributed by atoms with van der Waals surface area (Å²) in [6.45, 7) is 3.33. The van der Waals surface area contributed by atoms with Crippen molar-refractivity contribution in [3.05, 3.63) is 29.5 Å². The van der Waals surface area contributed by atoms with Gasteiger partial charge in [-0.15, -0.1) is 0 Å². The minimum atomic E-state index is -0.206. The highest BCUT2D eigenvalue weighted by atomic mass is 16.5. The van der Waals surface area contributed by atoms with Gasteiger partial charge in [-0.2, -0.15) is 4.98 Å². The molecule has 94 valence electrons. The molecule has 0 atom stereocenters. The van der Waals surface area contributed by atoms with Crippen LogP contribution in [0.3, 0.4) is 0 Å². The summed E-state index contributed by atoms with van der Waals surface area (Å²) >= 11 is 0. The molecule has 0 bridgehead atoms. The average Bonchev–Trinajstić information content (AvgIpc) is 2.71. The van der Waals surface area contributed by atoms with Crippen LogP contribution in [-0.4, -0.2) is 17.9 Å². The largest absolute Gasteiger partial charge is 0.496 e. The number of nitrogen functional groups attached to an aromatic ring is 1. The molecule has 0 fully saturated rings. The number of benzene rings is 1. The molecule has 2 aromatic rings. The predicted octanol–water partition coefficient (Wildman–Crippen LogP) is 2.44. The summed E-state index contributed by atoms with van der Waals surface area (Å²) in [6.07, 6.45) is 0. The Morgan fingerprint density at radius 1 is 1.44 bits per heavy atom. The van der Waals surface area contributed by atoms with Crippen LogP contribution in [0.25, 0.3) is 11.3 Å². The van der Waals surface area contributed by atoms with E-state index in [0.29, 0.717) is 5.69 Å². The highest BCUT2D eigenvalue weighted by Crippen LogP contribution is 2.29. The molecule has 0 aliphatic heterocycles. The number of Topliss-reactive ketones (excluding diaryl/α,β-unsaturated/α-hetero) is 1. The van der Waals surface area contributed by atoms with Crippen molar-refractivity contribution in [1.82, 2.24) is 4.98 Å². The highest BCUT2D eigenvalue weighted by molar-refractivity contribution is 5.97. The normalized spacial score (nSPS) is 10.4. The Balaban J connectivity index is 2.55. The van der Waals surface area contributed by atoms with Crippen LogP contribution < -0.4 is 10.5 Å². The Kier molecular flexibility index (Phi) is 3.06. The number of nitrogens with zero attached hydrogens (tertiary/aromatic N) is 1. The summed E-state index contributed by atoms with van der Waals surface area (Å²) in [5.74, 6) is 0.749. The fourth-order valence-corrected chi connectivity index (χ4v) is 1.80. The fraction of sp³-hybridized carbons (Fsp3) is 0.231. The van der Waals surface area contributed by atoms with Gasteiger partial charge in [-0.25, -0.2) is 0 Å². The van der Waals surface area contributed by atoms with Gasteiger partial charge < -0.3 is 14.9 Å². The Hall–Kier alpha value is -2.30. The van der Waals surface area contributed by atoms with Crippen molar-refractivity contribution < 1.29 is 13.9 Å². The summed E-state index contributed by atoms with van der Waals surface area (Å²) < 4.78 is 10.3. The molecule has 5 heteroatoms. The third-order valence-corrected chi connectivity index (χ3v) is 2.63. The van der Waals surface area contributed by atoms with Crippen molar-refractivity contribution in [2.45, 2.75) is 13.8 Å². The molecule has 0 saturated carbocycles. The third-order valence-electron chi connectivity index (χ3n) is 2.63. The van der Waals surface area contributed by atoms with E-state index >= 15 is 0 Å². The van der Waals surface area contributed by atoms with Crippen LogP contribution in [-0.2, 0) is 0 Å². The lowest BCUT2D eigenvalue weighted by atomic mass is 10.1. The number of ether oxygens (including phenoxy) is 1. The fourth-order valence-electron chi connectivity index (χ4n) is 1.80. The Morgan fingerprint density at radius 2 is 2.17 bits per heavy atom. The van der Waals surface area contributed by atoms with Crippen molar-refractivity contribution >= 4 is 11.8 Å². The summed E-state index contributed by atoms with van der Waals surface area (Å²) in [4.78, 5) is 15.5. The van der Waals surface area contributed by atoms with Crippen LogP contribution >= 0.6 is 0 Å².